The number of nitrogens with one attached hydrogen (secondary N) is 1. The van der Waals surface area contributed by atoms with Crippen molar-refractivity contribution in [3.63, 3.8) is 0 Å². The summed E-state index contributed by atoms with van der Waals surface area (Å²) in [6.07, 6.45) is 0.335. The number of thiazole rings is 1. The van der Waals surface area contributed by atoms with Gasteiger partial charge in [0, 0.05) is 10.9 Å². The summed E-state index contributed by atoms with van der Waals surface area (Å²) < 4.78 is 5.81. The molecule has 0 spiro atoms. The highest BCUT2D eigenvalue weighted by Crippen LogP contribution is 2.28. The molecule has 1 amide bonds. The minimum Gasteiger partial charge on any atom is -0.457 e. The van der Waals surface area contributed by atoms with Crippen molar-refractivity contribution < 1.29 is 9.53 Å². The van der Waals surface area contributed by atoms with Crippen molar-refractivity contribution in [2.75, 3.05) is 5.32 Å². The van der Waals surface area contributed by atoms with E-state index in [0.717, 1.165) is 28.3 Å². The predicted molar refractivity (Wildman–Crippen MR) is 113 cm³/mol. The van der Waals surface area contributed by atoms with E-state index in [9.17, 15) is 4.79 Å². The number of hydrogen-bond donors (Lipinski definition) is 1. The van der Waals surface area contributed by atoms with E-state index in [1.54, 1.807) is 0 Å². The van der Waals surface area contributed by atoms with Crippen LogP contribution in [0.1, 0.15) is 5.56 Å². The maximum atomic E-state index is 12.2. The molecular formula is C23H18N2O2S. The van der Waals surface area contributed by atoms with E-state index >= 15 is 0 Å². The molecule has 0 atom stereocenters. The van der Waals surface area contributed by atoms with Crippen LogP contribution in [0.15, 0.2) is 90.3 Å². The van der Waals surface area contributed by atoms with Gasteiger partial charge in [0.05, 0.1) is 12.1 Å². The van der Waals surface area contributed by atoms with Crippen LogP contribution in [-0.4, -0.2) is 10.9 Å². The zero-order valence-corrected chi connectivity index (χ0v) is 15.9. The summed E-state index contributed by atoms with van der Waals surface area (Å²) in [5.41, 5.74) is 2.78. The number of para-hydroxylation sites is 1. The molecule has 0 bridgehead atoms. The molecule has 0 fully saturated rings. The molecule has 5 heteroatoms. The molecular weight excluding hydrogens is 368 g/mol. The van der Waals surface area contributed by atoms with Crippen LogP contribution in [0.4, 0.5) is 5.13 Å². The third kappa shape index (κ3) is 4.64. The van der Waals surface area contributed by atoms with Crippen molar-refractivity contribution in [2.24, 2.45) is 0 Å². The average molecular weight is 386 g/mol. The zero-order chi connectivity index (χ0) is 19.2. The molecule has 1 aromatic heterocycles. The summed E-state index contributed by atoms with van der Waals surface area (Å²) in [6.45, 7) is 0. The summed E-state index contributed by atoms with van der Waals surface area (Å²) in [7, 11) is 0. The molecule has 0 aliphatic carbocycles. The van der Waals surface area contributed by atoms with Gasteiger partial charge in [-0.1, -0.05) is 48.5 Å². The lowest BCUT2D eigenvalue weighted by Gasteiger charge is -2.05. The van der Waals surface area contributed by atoms with Crippen molar-refractivity contribution in [1.29, 1.82) is 0 Å². The van der Waals surface area contributed by atoms with Crippen LogP contribution in [0.2, 0.25) is 0 Å². The minimum atomic E-state index is -0.0706. The molecule has 4 rings (SSSR count). The Kier molecular flexibility index (Phi) is 5.45. The zero-order valence-electron chi connectivity index (χ0n) is 15.0. The first-order chi connectivity index (χ1) is 13.8. The van der Waals surface area contributed by atoms with E-state index in [1.807, 2.05) is 90.3 Å². The fraction of sp³-hybridized carbons (Fsp3) is 0.0435. The van der Waals surface area contributed by atoms with Gasteiger partial charge in [-0.2, -0.15) is 0 Å². The molecule has 1 N–H and O–H groups in total. The minimum absolute atomic E-state index is 0.0706. The number of nitrogens with zero attached hydrogens (tertiary/aromatic N) is 1. The first-order valence-electron chi connectivity index (χ1n) is 8.89. The van der Waals surface area contributed by atoms with Gasteiger partial charge in [-0.05, 0) is 42.0 Å². The average Bonchev–Trinajstić information content (AvgIpc) is 3.18. The van der Waals surface area contributed by atoms with Crippen LogP contribution in [0.25, 0.3) is 11.3 Å². The number of ether oxygens (including phenoxy) is 1. The summed E-state index contributed by atoms with van der Waals surface area (Å²) in [4.78, 5) is 16.7. The molecule has 138 valence electrons. The molecule has 28 heavy (non-hydrogen) atoms. The molecule has 0 radical (unpaired) electrons. The Labute approximate surface area is 167 Å². The van der Waals surface area contributed by atoms with Crippen molar-refractivity contribution in [1.82, 2.24) is 4.98 Å². The highest BCUT2D eigenvalue weighted by atomic mass is 32.1. The number of aromatic nitrogens is 1. The van der Waals surface area contributed by atoms with Crippen molar-refractivity contribution in [3.8, 4) is 22.8 Å². The second-order valence-corrected chi connectivity index (χ2v) is 7.05. The van der Waals surface area contributed by atoms with Crippen molar-refractivity contribution in [2.45, 2.75) is 6.42 Å². The molecule has 3 aromatic carbocycles. The van der Waals surface area contributed by atoms with Gasteiger partial charge in [-0.3, -0.25) is 4.79 Å². The monoisotopic (exact) mass is 386 g/mol. The Morgan fingerprint density at radius 1 is 0.857 bits per heavy atom. The quantitative estimate of drug-likeness (QED) is 0.457. The molecule has 0 unspecified atom stereocenters. The van der Waals surface area contributed by atoms with Gasteiger partial charge in [0.2, 0.25) is 5.91 Å². The number of rotatable bonds is 6. The van der Waals surface area contributed by atoms with Crippen LogP contribution in [0.3, 0.4) is 0 Å². The second-order valence-electron chi connectivity index (χ2n) is 6.19. The summed E-state index contributed by atoms with van der Waals surface area (Å²) in [6, 6.07) is 27.1. The molecule has 0 saturated heterocycles. The lowest BCUT2D eigenvalue weighted by atomic mass is 10.1. The second kappa shape index (κ2) is 8.50. The molecule has 4 aromatic rings. The summed E-state index contributed by atoms with van der Waals surface area (Å²) >= 11 is 1.42. The number of anilines is 1. The summed E-state index contributed by atoms with van der Waals surface area (Å²) in [5, 5.41) is 5.40. The standard InChI is InChI=1S/C23H18N2O2S/c26-22(15-17-7-3-1-4-8-17)25-23-24-21(16-28-23)18-11-13-20(14-12-18)27-19-9-5-2-6-10-19/h1-14,16H,15H2,(H,24,25,26). The van der Waals surface area contributed by atoms with Crippen LogP contribution in [-0.2, 0) is 11.2 Å². The molecule has 0 saturated carbocycles. The predicted octanol–water partition coefficient (Wildman–Crippen LogP) is 5.78. The van der Waals surface area contributed by atoms with Crippen LogP contribution in [0.5, 0.6) is 11.5 Å². The fourth-order valence-corrected chi connectivity index (χ4v) is 3.46. The molecule has 1 heterocycles. The third-order valence-electron chi connectivity index (χ3n) is 4.09. The van der Waals surface area contributed by atoms with E-state index in [4.69, 9.17) is 4.74 Å². The van der Waals surface area contributed by atoms with E-state index < -0.39 is 0 Å². The first-order valence-corrected chi connectivity index (χ1v) is 9.77. The largest absolute Gasteiger partial charge is 0.457 e. The van der Waals surface area contributed by atoms with Gasteiger partial charge in [-0.15, -0.1) is 11.3 Å². The number of benzene rings is 3. The molecule has 0 aliphatic rings. The third-order valence-corrected chi connectivity index (χ3v) is 4.84. The van der Waals surface area contributed by atoms with Crippen LogP contribution < -0.4 is 10.1 Å². The summed E-state index contributed by atoms with van der Waals surface area (Å²) in [5.74, 6) is 1.49. The molecule has 0 aliphatic heterocycles. The van der Waals surface area contributed by atoms with E-state index in [1.165, 1.54) is 11.3 Å². The van der Waals surface area contributed by atoms with Crippen molar-refractivity contribution in [3.05, 3.63) is 95.9 Å². The maximum Gasteiger partial charge on any atom is 0.230 e. The van der Waals surface area contributed by atoms with Gasteiger partial charge in [0.25, 0.3) is 0 Å². The lowest BCUT2D eigenvalue weighted by molar-refractivity contribution is -0.115. The number of amides is 1. The highest BCUT2D eigenvalue weighted by molar-refractivity contribution is 7.14. The van der Waals surface area contributed by atoms with Gasteiger partial charge in [-0.25, -0.2) is 4.98 Å². The Balaban J connectivity index is 1.39. The van der Waals surface area contributed by atoms with Crippen molar-refractivity contribution >= 4 is 22.4 Å². The Morgan fingerprint density at radius 2 is 1.50 bits per heavy atom. The molecule has 4 nitrogen and oxygen atoms in total. The van der Waals surface area contributed by atoms with Gasteiger partial charge in [0.1, 0.15) is 11.5 Å². The number of carbonyl (C=O) groups excluding carboxylic acids is 1. The number of carbonyl (C=O) groups is 1. The smallest absolute Gasteiger partial charge is 0.230 e. The van der Waals surface area contributed by atoms with Gasteiger partial charge >= 0.3 is 0 Å². The SMILES string of the molecule is O=C(Cc1ccccc1)Nc1nc(-c2ccc(Oc3ccccc3)cc2)cs1. The van der Waals surface area contributed by atoms with Crippen LogP contribution in [0, 0.1) is 0 Å². The first kappa shape index (κ1) is 17.9. The lowest BCUT2D eigenvalue weighted by Crippen LogP contribution is -2.14. The Morgan fingerprint density at radius 3 is 2.21 bits per heavy atom. The normalized spacial score (nSPS) is 10.4. The van der Waals surface area contributed by atoms with Gasteiger partial charge in [0.15, 0.2) is 5.13 Å². The van der Waals surface area contributed by atoms with Crippen LogP contribution >= 0.6 is 11.3 Å². The number of hydrogen-bond acceptors (Lipinski definition) is 4. The Hall–Kier alpha value is -3.44. The van der Waals surface area contributed by atoms with E-state index in [-0.39, 0.29) is 5.91 Å². The van der Waals surface area contributed by atoms with E-state index in [0.29, 0.717) is 11.6 Å². The van der Waals surface area contributed by atoms with E-state index in [2.05, 4.69) is 10.3 Å². The highest BCUT2D eigenvalue weighted by Gasteiger charge is 2.09. The fourth-order valence-electron chi connectivity index (χ4n) is 2.73. The van der Waals surface area contributed by atoms with Gasteiger partial charge < -0.3 is 10.1 Å². The maximum absolute atomic E-state index is 12.2. The topological polar surface area (TPSA) is 51.2 Å². The Bertz CT molecular complexity index is 1040.